The van der Waals surface area contributed by atoms with Gasteiger partial charge in [0.25, 0.3) is 5.91 Å². The average Bonchev–Trinajstić information content (AvgIpc) is 3.65. The normalized spacial score (nSPS) is 14.1. The Kier molecular flexibility index (Phi) is 12.9. The zero-order chi connectivity index (χ0) is 40.6. The van der Waals surface area contributed by atoms with Crippen LogP contribution >= 0.6 is 12.2 Å². The van der Waals surface area contributed by atoms with E-state index in [2.05, 4.69) is 15.5 Å². The van der Waals surface area contributed by atoms with E-state index in [-0.39, 0.29) is 23.5 Å². The van der Waals surface area contributed by atoms with Crippen LogP contribution in [-0.2, 0) is 33.4 Å². The molecule has 0 radical (unpaired) electrons. The highest BCUT2D eigenvalue weighted by molar-refractivity contribution is 7.71. The third kappa shape index (κ3) is 8.86. The second-order valence-corrected chi connectivity index (χ2v) is 13.0. The fraction of sp³-hybridized carbons (Fsp3) is 0.316. The van der Waals surface area contributed by atoms with E-state index in [0.29, 0.717) is 34.0 Å². The minimum absolute atomic E-state index is 0.0102. The van der Waals surface area contributed by atoms with Crippen molar-refractivity contribution >= 4 is 47.8 Å². The summed E-state index contributed by atoms with van der Waals surface area (Å²) >= 11 is 4.94. The number of carbonyl (C=O) groups is 6. The maximum Gasteiger partial charge on any atom is 0.323 e. The van der Waals surface area contributed by atoms with Crippen LogP contribution in [0.25, 0.3) is 11.4 Å². The monoisotopic (exact) mass is 789 g/mol. The van der Waals surface area contributed by atoms with Gasteiger partial charge in [0.05, 0.1) is 41.3 Å². The van der Waals surface area contributed by atoms with Crippen LogP contribution in [0.15, 0.2) is 77.3 Å². The first-order chi connectivity index (χ1) is 26.8. The molecule has 3 aromatic carbocycles. The van der Waals surface area contributed by atoms with Gasteiger partial charge in [-0.15, -0.1) is 0 Å². The number of ether oxygens (including phenoxy) is 4. The molecule has 3 amide bonds. The molecule has 2 heterocycles. The Morgan fingerprint density at radius 1 is 0.857 bits per heavy atom. The lowest BCUT2D eigenvalue weighted by atomic mass is 9.80. The lowest BCUT2D eigenvalue weighted by Gasteiger charge is -2.49. The second kappa shape index (κ2) is 17.7. The minimum atomic E-state index is -2.31. The first-order valence-corrected chi connectivity index (χ1v) is 17.5. The fourth-order valence-electron chi connectivity index (χ4n) is 6.62. The van der Waals surface area contributed by atoms with E-state index >= 15 is 4.79 Å². The summed E-state index contributed by atoms with van der Waals surface area (Å²) in [6.07, 6.45) is -1.66. The number of carboxylic acid groups (broad SMARTS) is 1. The van der Waals surface area contributed by atoms with Crippen molar-refractivity contribution in [2.45, 2.75) is 30.3 Å². The predicted octanol–water partition coefficient (Wildman–Crippen LogP) is 2.97. The molecule has 17 nitrogen and oxygen atoms in total. The summed E-state index contributed by atoms with van der Waals surface area (Å²) in [5.41, 5.74) is -0.550. The van der Waals surface area contributed by atoms with Crippen LogP contribution in [-0.4, -0.2) is 120 Å². The van der Waals surface area contributed by atoms with E-state index in [1.54, 1.807) is 60.7 Å². The quantitative estimate of drug-likeness (QED) is 0.117. The largest absolute Gasteiger partial charge is 0.497 e. The van der Waals surface area contributed by atoms with Crippen molar-refractivity contribution in [1.29, 1.82) is 0 Å². The van der Waals surface area contributed by atoms with E-state index < -0.39 is 72.5 Å². The number of nitrogens with one attached hydrogen (secondary N) is 2. The van der Waals surface area contributed by atoms with Gasteiger partial charge in [-0.2, -0.15) is 4.98 Å². The first kappa shape index (κ1) is 40.6. The number of carboxylic acids is 1. The summed E-state index contributed by atoms with van der Waals surface area (Å²) in [4.78, 5) is 88.0. The van der Waals surface area contributed by atoms with Crippen molar-refractivity contribution in [3.05, 3.63) is 94.3 Å². The van der Waals surface area contributed by atoms with E-state index in [0.717, 1.165) is 24.0 Å². The fourth-order valence-corrected chi connectivity index (χ4v) is 6.75. The summed E-state index contributed by atoms with van der Waals surface area (Å²) in [7, 11) is 5.12. The number of methoxy groups -OCH3 is 4. The van der Waals surface area contributed by atoms with Crippen molar-refractivity contribution in [3.8, 4) is 22.9 Å². The average molecular weight is 790 g/mol. The number of aromatic nitrogens is 2. The summed E-state index contributed by atoms with van der Waals surface area (Å²) < 4.78 is 25.6. The van der Waals surface area contributed by atoms with Gasteiger partial charge >= 0.3 is 22.7 Å². The topological polar surface area (TPSA) is 220 Å². The lowest BCUT2D eigenvalue weighted by molar-refractivity contribution is -0.173. The Labute approximate surface area is 325 Å². The molecule has 56 heavy (non-hydrogen) atoms. The van der Waals surface area contributed by atoms with E-state index in [1.165, 1.54) is 26.4 Å². The maximum atomic E-state index is 15.4. The molecule has 1 saturated heterocycles. The van der Waals surface area contributed by atoms with Gasteiger partial charge in [0.2, 0.25) is 11.8 Å². The molecule has 1 atom stereocenters. The van der Waals surface area contributed by atoms with Crippen LogP contribution < -0.4 is 14.8 Å². The number of aromatic amines is 1. The molecule has 1 aliphatic rings. The molecule has 1 aromatic heterocycles. The van der Waals surface area contributed by atoms with Crippen LogP contribution in [0.5, 0.6) is 11.5 Å². The van der Waals surface area contributed by atoms with E-state index in [1.807, 2.05) is 0 Å². The molecular formula is C38H39N5O12S. The maximum absolute atomic E-state index is 15.4. The number of nitrogens with zero attached hydrogens (tertiary/aromatic N) is 3. The van der Waals surface area contributed by atoms with Gasteiger partial charge in [-0.25, -0.2) is 5.16 Å². The van der Waals surface area contributed by atoms with Gasteiger partial charge < -0.3 is 43.7 Å². The van der Waals surface area contributed by atoms with Crippen LogP contribution in [0.2, 0.25) is 0 Å². The number of H-pyrrole nitrogens is 1. The van der Waals surface area contributed by atoms with Gasteiger partial charge in [-0.1, -0.05) is 36.4 Å². The first-order valence-electron chi connectivity index (χ1n) is 17.0. The summed E-state index contributed by atoms with van der Waals surface area (Å²) in [5.74, 6) is -5.46. The molecule has 294 valence electrons. The summed E-state index contributed by atoms with van der Waals surface area (Å²) in [6.45, 7) is -1.38. The number of hydrogen-bond donors (Lipinski definition) is 3. The third-order valence-corrected chi connectivity index (χ3v) is 9.59. The molecule has 0 unspecified atom stereocenters. The van der Waals surface area contributed by atoms with Gasteiger partial charge in [0.15, 0.2) is 5.82 Å². The zero-order valence-electron chi connectivity index (χ0n) is 30.8. The lowest BCUT2D eigenvalue weighted by Crippen LogP contribution is -2.71. The highest BCUT2D eigenvalue weighted by Gasteiger charge is 2.56. The third-order valence-electron chi connectivity index (χ3n) is 9.41. The van der Waals surface area contributed by atoms with Gasteiger partial charge in [0, 0.05) is 30.1 Å². The molecule has 0 saturated carbocycles. The summed E-state index contributed by atoms with van der Waals surface area (Å²) in [6, 6.07) is 18.2. The van der Waals surface area contributed by atoms with Gasteiger partial charge in [-0.3, -0.25) is 28.8 Å². The highest BCUT2D eigenvalue weighted by atomic mass is 32.1. The standard InChI is InChI=1S/C38H39N5O12S/c1-51-26-13-9-22(10-14-26)31(23-11-15-27(52-2)16-12-23)32(39-34(48)25-7-5-24(6-8-25)33-40-37(56)55-41-33)35(49)43-18-17-42(21-28(44)45)36(50)38(43,19-29(46)53-3)20-30(47)54-4/h5-16,31-32H,17-21H2,1-4H3,(H,39,48)(H,44,45)(H,40,41,56)/t32-/m0/s1. The molecule has 18 heteroatoms. The Bertz CT molecular complexity index is 2070. The van der Waals surface area contributed by atoms with Crippen molar-refractivity contribution < 1.29 is 57.3 Å². The van der Waals surface area contributed by atoms with E-state index in [9.17, 15) is 29.1 Å². The smallest absolute Gasteiger partial charge is 0.323 e. The molecule has 0 aliphatic carbocycles. The SMILES string of the molecule is COC(=O)CC1(CC(=O)OC)C(=O)N(CC(=O)O)CCN1C(=O)[C@@H](NC(=O)c1ccc(-c2nc(=S)o[nH]2)cc1)C(c1ccc(OC)cc1)c1ccc(OC)cc1. The Morgan fingerprint density at radius 3 is 1.84 bits per heavy atom. The Hall–Kier alpha value is -6.56. The molecule has 5 rings (SSSR count). The molecule has 4 aromatic rings. The van der Waals surface area contributed by atoms with Gasteiger partial charge in [0.1, 0.15) is 29.6 Å². The van der Waals surface area contributed by atoms with Crippen LogP contribution in [0.1, 0.15) is 40.2 Å². The number of benzene rings is 3. The molecular weight excluding hydrogens is 751 g/mol. The molecule has 0 spiro atoms. The molecule has 1 aliphatic heterocycles. The number of hydrogen-bond acceptors (Lipinski definition) is 13. The number of aliphatic carboxylic acids is 1. The zero-order valence-corrected chi connectivity index (χ0v) is 31.6. The predicted molar refractivity (Wildman–Crippen MR) is 198 cm³/mol. The number of carbonyl (C=O) groups excluding carboxylic acids is 5. The highest BCUT2D eigenvalue weighted by Crippen LogP contribution is 2.37. The van der Waals surface area contributed by atoms with Crippen molar-refractivity contribution in [1.82, 2.24) is 25.3 Å². The van der Waals surface area contributed by atoms with Crippen molar-refractivity contribution in [3.63, 3.8) is 0 Å². The Balaban J connectivity index is 1.69. The van der Waals surface area contributed by atoms with Crippen molar-refractivity contribution in [2.75, 3.05) is 48.1 Å². The van der Waals surface area contributed by atoms with E-state index in [4.69, 9.17) is 35.7 Å². The number of amides is 3. The molecule has 1 fully saturated rings. The van der Waals surface area contributed by atoms with Gasteiger partial charge in [-0.05, 0) is 59.7 Å². The summed E-state index contributed by atoms with van der Waals surface area (Å²) in [5, 5.41) is 15.1. The molecule has 3 N–H and O–H groups in total. The van der Waals surface area contributed by atoms with Crippen molar-refractivity contribution in [2.24, 2.45) is 0 Å². The van der Waals surface area contributed by atoms with Crippen LogP contribution in [0.3, 0.4) is 0 Å². The van der Waals surface area contributed by atoms with Crippen LogP contribution in [0.4, 0.5) is 0 Å². The number of rotatable bonds is 15. The minimum Gasteiger partial charge on any atom is -0.497 e. The number of esters is 2. The molecule has 0 bridgehead atoms. The number of piperazine rings is 1. The second-order valence-electron chi connectivity index (χ2n) is 12.6. The van der Waals surface area contributed by atoms with Crippen LogP contribution in [0, 0.1) is 4.84 Å². The Morgan fingerprint density at radius 2 is 1.39 bits per heavy atom.